The molecule has 0 atom stereocenters. The van der Waals surface area contributed by atoms with Crippen LogP contribution in [-0.4, -0.2) is 25.1 Å². The van der Waals surface area contributed by atoms with E-state index in [1.165, 1.54) is 0 Å². The number of ether oxygens (including phenoxy) is 2. The fourth-order valence-corrected chi connectivity index (χ4v) is 4.93. The van der Waals surface area contributed by atoms with Crippen molar-refractivity contribution in [2.45, 2.75) is 13.2 Å². The smallest absolute Gasteiger partial charge is 0.271 e. The first-order valence-corrected chi connectivity index (χ1v) is 13.2. The highest BCUT2D eigenvalue weighted by atomic mass is 16.5. The molecule has 0 saturated heterocycles. The molecule has 0 radical (unpaired) electrons. The van der Waals surface area contributed by atoms with Crippen LogP contribution in [0.15, 0.2) is 114 Å². The summed E-state index contributed by atoms with van der Waals surface area (Å²) in [4.78, 5) is 27.5. The molecule has 5 aromatic rings. The number of nitrogens with zero attached hydrogens (tertiary/aromatic N) is 2. The van der Waals surface area contributed by atoms with E-state index >= 15 is 0 Å². The van der Waals surface area contributed by atoms with Crippen LogP contribution in [0.5, 0.6) is 11.5 Å². The molecule has 0 aliphatic carbocycles. The highest BCUT2D eigenvalue weighted by Gasteiger charge is 2.29. The molecule has 1 N–H and O–H groups in total. The van der Waals surface area contributed by atoms with Gasteiger partial charge in [-0.1, -0.05) is 66.7 Å². The molecule has 7 nitrogen and oxygen atoms in total. The molecule has 0 spiro atoms. The Kier molecular flexibility index (Phi) is 7.15. The van der Waals surface area contributed by atoms with Crippen molar-refractivity contribution < 1.29 is 19.1 Å². The van der Waals surface area contributed by atoms with Gasteiger partial charge in [0.1, 0.15) is 6.61 Å². The summed E-state index contributed by atoms with van der Waals surface area (Å²) in [7, 11) is 1.58. The van der Waals surface area contributed by atoms with Crippen LogP contribution in [0.2, 0.25) is 0 Å². The number of hydrazone groups is 1. The fraction of sp³-hybridized carbons (Fsp3) is 0.0882. The van der Waals surface area contributed by atoms with E-state index in [1.807, 2.05) is 91.0 Å². The van der Waals surface area contributed by atoms with Gasteiger partial charge in [-0.05, 0) is 64.5 Å². The molecule has 202 valence electrons. The van der Waals surface area contributed by atoms with Gasteiger partial charge < -0.3 is 14.4 Å². The van der Waals surface area contributed by atoms with Crippen LogP contribution in [0, 0.1) is 0 Å². The minimum absolute atomic E-state index is 0.0135. The van der Waals surface area contributed by atoms with Gasteiger partial charge in [0, 0.05) is 16.5 Å². The van der Waals surface area contributed by atoms with Crippen LogP contribution >= 0.6 is 0 Å². The van der Waals surface area contributed by atoms with E-state index in [9.17, 15) is 9.59 Å². The van der Waals surface area contributed by atoms with Crippen LogP contribution in [0.3, 0.4) is 0 Å². The van der Waals surface area contributed by atoms with Gasteiger partial charge in [0.05, 0.1) is 25.6 Å². The lowest BCUT2D eigenvalue weighted by Crippen LogP contribution is -2.26. The second-order valence-corrected chi connectivity index (χ2v) is 9.65. The third kappa shape index (κ3) is 5.38. The van der Waals surface area contributed by atoms with Crippen molar-refractivity contribution in [3.8, 4) is 11.5 Å². The van der Waals surface area contributed by atoms with Crippen LogP contribution in [0.25, 0.3) is 10.8 Å². The SMILES string of the molecule is COc1cc(/C=N/NC(=O)c2ccc(CN3C(=O)c4cccc5cccc3c45)cc2)ccc1OCc1ccccc1. The van der Waals surface area contributed by atoms with Crippen molar-refractivity contribution >= 4 is 34.5 Å². The maximum Gasteiger partial charge on any atom is 0.271 e. The summed E-state index contributed by atoms with van der Waals surface area (Å²) in [6.45, 7) is 0.844. The molecule has 1 heterocycles. The quantitative estimate of drug-likeness (QED) is 0.174. The van der Waals surface area contributed by atoms with Gasteiger partial charge in [0.25, 0.3) is 11.8 Å². The Morgan fingerprint density at radius 2 is 1.63 bits per heavy atom. The zero-order chi connectivity index (χ0) is 28.2. The van der Waals surface area contributed by atoms with Crippen molar-refractivity contribution in [1.82, 2.24) is 5.43 Å². The van der Waals surface area contributed by atoms with Gasteiger partial charge in [-0.15, -0.1) is 0 Å². The molecule has 0 bridgehead atoms. The third-order valence-corrected chi connectivity index (χ3v) is 7.01. The number of hydrogen-bond acceptors (Lipinski definition) is 5. The minimum Gasteiger partial charge on any atom is -0.493 e. The van der Waals surface area contributed by atoms with Gasteiger partial charge >= 0.3 is 0 Å². The number of carbonyl (C=O) groups is 2. The molecule has 7 heteroatoms. The number of carbonyl (C=O) groups excluding carboxylic acids is 2. The van der Waals surface area contributed by atoms with E-state index in [0.717, 1.165) is 38.7 Å². The third-order valence-electron chi connectivity index (χ3n) is 7.01. The van der Waals surface area contributed by atoms with Gasteiger partial charge in [0.2, 0.25) is 0 Å². The Morgan fingerprint density at radius 1 is 0.854 bits per heavy atom. The van der Waals surface area contributed by atoms with Gasteiger partial charge in [-0.3, -0.25) is 9.59 Å². The average molecular weight is 542 g/mol. The lowest BCUT2D eigenvalue weighted by atomic mass is 10.1. The largest absolute Gasteiger partial charge is 0.493 e. The highest BCUT2D eigenvalue weighted by Crippen LogP contribution is 2.38. The molecule has 41 heavy (non-hydrogen) atoms. The standard InChI is InChI=1S/C34H27N3O4/c1-40-31-19-25(15-18-30(31)41-22-24-7-3-2-4-8-24)20-35-36-33(38)27-16-13-23(14-17-27)21-37-29-12-6-10-26-9-5-11-28(32(26)29)34(37)39/h2-20H,21-22H2,1H3,(H,36,38)/b35-20+. The Hall–Kier alpha value is -5.43. The predicted octanol–water partition coefficient (Wildman–Crippen LogP) is 6.35. The summed E-state index contributed by atoms with van der Waals surface area (Å²) in [5.74, 6) is 0.841. The van der Waals surface area contributed by atoms with E-state index < -0.39 is 0 Å². The zero-order valence-corrected chi connectivity index (χ0v) is 22.4. The summed E-state index contributed by atoms with van der Waals surface area (Å²) in [5, 5.41) is 6.14. The molecule has 0 unspecified atom stereocenters. The molecule has 5 aromatic carbocycles. The van der Waals surface area contributed by atoms with Crippen molar-refractivity contribution in [2.24, 2.45) is 5.10 Å². The molecule has 6 rings (SSSR count). The zero-order valence-electron chi connectivity index (χ0n) is 22.4. The molecule has 0 fully saturated rings. The average Bonchev–Trinajstić information content (AvgIpc) is 3.29. The maximum atomic E-state index is 13.1. The maximum absolute atomic E-state index is 13.1. The normalized spacial score (nSPS) is 12.2. The Labute approximate surface area is 237 Å². The first-order chi connectivity index (χ1) is 20.1. The summed E-state index contributed by atoms with van der Waals surface area (Å²) in [5.41, 5.74) is 7.39. The first-order valence-electron chi connectivity index (χ1n) is 13.2. The number of benzene rings is 5. The highest BCUT2D eigenvalue weighted by molar-refractivity contribution is 6.24. The number of anilines is 1. The topological polar surface area (TPSA) is 80.2 Å². The molecule has 1 aliphatic rings. The molecule has 2 amide bonds. The molecule has 1 aliphatic heterocycles. The van der Waals surface area contributed by atoms with Crippen molar-refractivity contribution in [2.75, 3.05) is 12.0 Å². The lowest BCUT2D eigenvalue weighted by molar-refractivity contribution is 0.0953. The second kappa shape index (κ2) is 11.4. The Bertz CT molecular complexity index is 1760. The Morgan fingerprint density at radius 3 is 2.41 bits per heavy atom. The summed E-state index contributed by atoms with van der Waals surface area (Å²) in [6, 6.07) is 34.3. The van der Waals surface area contributed by atoms with Crippen LogP contribution in [-0.2, 0) is 13.2 Å². The first kappa shape index (κ1) is 25.8. The number of amides is 2. The minimum atomic E-state index is -0.336. The fourth-order valence-electron chi connectivity index (χ4n) is 4.93. The van der Waals surface area contributed by atoms with E-state index in [-0.39, 0.29) is 11.8 Å². The van der Waals surface area contributed by atoms with E-state index in [2.05, 4.69) is 10.5 Å². The number of nitrogens with one attached hydrogen (secondary N) is 1. The molecular formula is C34H27N3O4. The molecule has 0 aromatic heterocycles. The van der Waals surface area contributed by atoms with Crippen molar-refractivity contribution in [1.29, 1.82) is 0 Å². The predicted molar refractivity (Wildman–Crippen MR) is 160 cm³/mol. The molecule has 0 saturated carbocycles. The summed E-state index contributed by atoms with van der Waals surface area (Å²) < 4.78 is 11.4. The van der Waals surface area contributed by atoms with E-state index in [0.29, 0.717) is 30.2 Å². The van der Waals surface area contributed by atoms with E-state index in [4.69, 9.17) is 9.47 Å². The monoisotopic (exact) mass is 541 g/mol. The Balaban J connectivity index is 1.07. The van der Waals surface area contributed by atoms with Crippen LogP contribution in [0.1, 0.15) is 37.4 Å². The van der Waals surface area contributed by atoms with E-state index in [1.54, 1.807) is 36.4 Å². The van der Waals surface area contributed by atoms with Crippen LogP contribution < -0.4 is 19.8 Å². The van der Waals surface area contributed by atoms with Gasteiger partial charge in [-0.2, -0.15) is 5.10 Å². The number of methoxy groups -OCH3 is 1. The van der Waals surface area contributed by atoms with Crippen molar-refractivity contribution in [3.05, 3.63) is 137 Å². The lowest BCUT2D eigenvalue weighted by Gasteiger charge is -2.18. The van der Waals surface area contributed by atoms with Crippen LogP contribution in [0.4, 0.5) is 5.69 Å². The number of hydrogen-bond donors (Lipinski definition) is 1. The summed E-state index contributed by atoms with van der Waals surface area (Å²) in [6.07, 6.45) is 1.55. The molecular weight excluding hydrogens is 514 g/mol. The van der Waals surface area contributed by atoms with Gasteiger partial charge in [0.15, 0.2) is 11.5 Å². The number of rotatable bonds is 9. The van der Waals surface area contributed by atoms with Crippen molar-refractivity contribution in [3.63, 3.8) is 0 Å². The summed E-state index contributed by atoms with van der Waals surface area (Å²) >= 11 is 0. The van der Waals surface area contributed by atoms with Gasteiger partial charge in [-0.25, -0.2) is 5.43 Å². The second-order valence-electron chi connectivity index (χ2n) is 9.65.